The van der Waals surface area contributed by atoms with Crippen molar-refractivity contribution in [2.24, 2.45) is 11.5 Å². The normalized spacial score (nSPS) is 23.2. The molecule has 1 aliphatic rings. The Morgan fingerprint density at radius 3 is 2.10 bits per heavy atom. The predicted molar refractivity (Wildman–Crippen MR) is 81.3 cm³/mol. The zero-order valence-electron chi connectivity index (χ0n) is 11.4. The first-order chi connectivity index (χ1) is 9.28. The lowest BCUT2D eigenvalue weighted by atomic mass is 9.82. The van der Waals surface area contributed by atoms with E-state index in [-0.39, 0.29) is 6.42 Å². The third-order valence-corrected chi connectivity index (χ3v) is 4.26. The highest BCUT2D eigenvalue weighted by atomic mass is 35.5. The Morgan fingerprint density at radius 2 is 1.60 bits per heavy atom. The average Bonchev–Trinajstić information content (AvgIpc) is 2.39. The Labute approximate surface area is 128 Å². The Bertz CT molecular complexity index is 511. The third kappa shape index (κ3) is 2.48. The van der Waals surface area contributed by atoms with Crippen molar-refractivity contribution < 1.29 is 9.47 Å². The van der Waals surface area contributed by atoms with Gasteiger partial charge in [0.1, 0.15) is 10.00 Å². The average molecular weight is 317 g/mol. The van der Waals surface area contributed by atoms with E-state index in [1.807, 2.05) is 30.3 Å². The summed E-state index contributed by atoms with van der Waals surface area (Å²) < 4.78 is 9.63. The van der Waals surface area contributed by atoms with Crippen LogP contribution in [0.2, 0.25) is 0 Å². The van der Waals surface area contributed by atoms with Gasteiger partial charge < -0.3 is 20.9 Å². The smallest absolute Gasteiger partial charge is 0.220 e. The van der Waals surface area contributed by atoms with E-state index < -0.39 is 15.8 Å². The fraction of sp³-hybridized carbons (Fsp3) is 0.429. The maximum atomic E-state index is 6.42. The SMILES string of the molecule is COC1(OC)C=C(c2ccccc2)C(Cl)(Cl)CC1(N)N. The van der Waals surface area contributed by atoms with Gasteiger partial charge in [0, 0.05) is 20.6 Å². The maximum absolute atomic E-state index is 6.42. The topological polar surface area (TPSA) is 70.5 Å². The number of rotatable bonds is 3. The molecule has 1 aliphatic carbocycles. The molecule has 0 unspecified atom stereocenters. The van der Waals surface area contributed by atoms with Crippen LogP contribution in [0, 0.1) is 0 Å². The zero-order valence-corrected chi connectivity index (χ0v) is 12.9. The Hall–Kier alpha value is -0.620. The van der Waals surface area contributed by atoms with Crippen LogP contribution in [-0.2, 0) is 9.47 Å². The summed E-state index contributed by atoms with van der Waals surface area (Å²) in [6, 6.07) is 9.51. The molecule has 0 aliphatic heterocycles. The minimum Gasteiger partial charge on any atom is -0.347 e. The molecule has 6 heteroatoms. The van der Waals surface area contributed by atoms with E-state index in [1.165, 1.54) is 14.2 Å². The molecule has 110 valence electrons. The number of hydrogen-bond donors (Lipinski definition) is 2. The monoisotopic (exact) mass is 316 g/mol. The summed E-state index contributed by atoms with van der Waals surface area (Å²) in [6.07, 6.45) is 1.75. The van der Waals surface area contributed by atoms with Gasteiger partial charge in [-0.15, -0.1) is 0 Å². The van der Waals surface area contributed by atoms with Gasteiger partial charge >= 0.3 is 0 Å². The van der Waals surface area contributed by atoms with Gasteiger partial charge in [-0.05, 0) is 17.2 Å². The van der Waals surface area contributed by atoms with Crippen molar-refractivity contribution in [3.8, 4) is 0 Å². The molecule has 0 aromatic heterocycles. The van der Waals surface area contributed by atoms with E-state index in [0.29, 0.717) is 5.57 Å². The molecule has 1 aromatic rings. The van der Waals surface area contributed by atoms with Gasteiger partial charge in [0.05, 0.1) is 0 Å². The van der Waals surface area contributed by atoms with Gasteiger partial charge in [-0.1, -0.05) is 53.5 Å². The van der Waals surface area contributed by atoms with E-state index in [2.05, 4.69) is 0 Å². The van der Waals surface area contributed by atoms with Crippen LogP contribution >= 0.6 is 23.2 Å². The van der Waals surface area contributed by atoms with Crippen LogP contribution < -0.4 is 11.5 Å². The van der Waals surface area contributed by atoms with Crippen LogP contribution in [0.25, 0.3) is 5.57 Å². The summed E-state index contributed by atoms with van der Waals surface area (Å²) >= 11 is 12.8. The third-order valence-electron chi connectivity index (χ3n) is 3.58. The molecular weight excluding hydrogens is 299 g/mol. The molecule has 0 amide bonds. The standard InChI is InChI=1S/C14H18Cl2N2O2/c1-19-14(20-2)8-11(10-6-4-3-5-7-10)12(15,16)9-13(14,17)18/h3-8H,9,17-18H2,1-2H3. The molecule has 2 rings (SSSR count). The zero-order chi connectivity index (χ0) is 15.0. The van der Waals surface area contributed by atoms with Gasteiger partial charge in [0.15, 0.2) is 0 Å². The van der Waals surface area contributed by atoms with Crippen molar-refractivity contribution in [1.82, 2.24) is 0 Å². The number of ether oxygens (including phenoxy) is 2. The molecule has 0 fully saturated rings. The lowest BCUT2D eigenvalue weighted by molar-refractivity contribution is -0.215. The first kappa shape index (κ1) is 15.8. The molecule has 0 saturated carbocycles. The fourth-order valence-electron chi connectivity index (χ4n) is 2.51. The van der Waals surface area contributed by atoms with Crippen molar-refractivity contribution in [2.45, 2.75) is 22.2 Å². The van der Waals surface area contributed by atoms with Gasteiger partial charge in [-0.25, -0.2) is 0 Å². The van der Waals surface area contributed by atoms with Crippen LogP contribution in [0.1, 0.15) is 12.0 Å². The summed E-state index contributed by atoms with van der Waals surface area (Å²) in [5, 5.41) is 0. The lowest BCUT2D eigenvalue weighted by Gasteiger charge is -2.48. The van der Waals surface area contributed by atoms with Crippen LogP contribution in [0.5, 0.6) is 0 Å². The molecule has 1 aromatic carbocycles. The Morgan fingerprint density at radius 1 is 1.05 bits per heavy atom. The van der Waals surface area contributed by atoms with E-state index in [0.717, 1.165) is 5.56 Å². The summed E-state index contributed by atoms with van der Waals surface area (Å²) in [5.74, 6) is -1.29. The number of methoxy groups -OCH3 is 2. The van der Waals surface area contributed by atoms with Gasteiger partial charge in [0.25, 0.3) is 0 Å². The van der Waals surface area contributed by atoms with Crippen molar-refractivity contribution in [3.63, 3.8) is 0 Å². The summed E-state index contributed by atoms with van der Waals surface area (Å²) in [7, 11) is 2.96. The molecule has 0 bridgehead atoms. The molecule has 20 heavy (non-hydrogen) atoms. The Kier molecular flexibility index (Phi) is 4.17. The second kappa shape index (κ2) is 5.30. The van der Waals surface area contributed by atoms with Crippen molar-refractivity contribution in [1.29, 1.82) is 0 Å². The minimum absolute atomic E-state index is 0.0888. The second-order valence-electron chi connectivity index (χ2n) is 4.92. The van der Waals surface area contributed by atoms with E-state index in [4.69, 9.17) is 44.1 Å². The molecule has 0 radical (unpaired) electrons. The quantitative estimate of drug-likeness (QED) is 0.663. The highest BCUT2D eigenvalue weighted by molar-refractivity contribution is 6.54. The van der Waals surface area contributed by atoms with E-state index >= 15 is 0 Å². The number of hydrogen-bond acceptors (Lipinski definition) is 4. The summed E-state index contributed by atoms with van der Waals surface area (Å²) in [6.45, 7) is 0. The first-order valence-electron chi connectivity index (χ1n) is 6.13. The predicted octanol–water partition coefficient (Wildman–Crippen LogP) is 2.25. The molecule has 0 atom stereocenters. The maximum Gasteiger partial charge on any atom is 0.220 e. The molecule has 4 nitrogen and oxygen atoms in total. The number of allylic oxidation sites excluding steroid dienone is 1. The lowest BCUT2D eigenvalue weighted by Crippen LogP contribution is -2.71. The first-order valence-corrected chi connectivity index (χ1v) is 6.88. The Balaban J connectivity index is 2.62. The highest BCUT2D eigenvalue weighted by Crippen LogP contribution is 2.49. The van der Waals surface area contributed by atoms with Crippen LogP contribution in [0.3, 0.4) is 0 Å². The number of benzene rings is 1. The van der Waals surface area contributed by atoms with Gasteiger partial charge in [-0.3, -0.25) is 0 Å². The summed E-state index contributed by atoms with van der Waals surface area (Å²) in [5.41, 5.74) is 12.4. The van der Waals surface area contributed by atoms with Crippen molar-refractivity contribution in [3.05, 3.63) is 42.0 Å². The highest BCUT2D eigenvalue weighted by Gasteiger charge is 2.56. The van der Waals surface area contributed by atoms with Gasteiger partial charge in [0.2, 0.25) is 5.79 Å². The van der Waals surface area contributed by atoms with Crippen LogP contribution in [0.4, 0.5) is 0 Å². The van der Waals surface area contributed by atoms with E-state index in [1.54, 1.807) is 6.08 Å². The number of alkyl halides is 2. The molecule has 4 N–H and O–H groups in total. The molecular formula is C14H18Cl2N2O2. The van der Waals surface area contributed by atoms with Crippen LogP contribution in [0.15, 0.2) is 36.4 Å². The van der Waals surface area contributed by atoms with Gasteiger partial charge in [-0.2, -0.15) is 0 Å². The number of halogens is 2. The van der Waals surface area contributed by atoms with Crippen molar-refractivity contribution >= 4 is 28.8 Å². The molecule has 0 heterocycles. The molecule has 0 saturated heterocycles. The minimum atomic E-state index is -1.35. The summed E-state index contributed by atoms with van der Waals surface area (Å²) in [4.78, 5) is 0. The fourth-order valence-corrected chi connectivity index (χ4v) is 3.28. The van der Waals surface area contributed by atoms with Crippen molar-refractivity contribution in [2.75, 3.05) is 14.2 Å². The largest absolute Gasteiger partial charge is 0.347 e. The second-order valence-corrected chi connectivity index (χ2v) is 6.41. The number of nitrogens with two attached hydrogens (primary N) is 2. The van der Waals surface area contributed by atoms with Crippen LogP contribution in [-0.4, -0.2) is 30.0 Å². The van der Waals surface area contributed by atoms with E-state index in [9.17, 15) is 0 Å². The molecule has 0 spiro atoms.